The molecule has 0 aliphatic rings. The van der Waals surface area contributed by atoms with Crippen LogP contribution in [0.3, 0.4) is 0 Å². The molecule has 0 spiro atoms. The van der Waals surface area contributed by atoms with Crippen LogP contribution < -0.4 is 0 Å². The molecule has 0 radical (unpaired) electrons. The van der Waals surface area contributed by atoms with Gasteiger partial charge in [-0.25, -0.2) is 4.79 Å². The quantitative estimate of drug-likeness (QED) is 0.374. The number of carbonyl (C=O) groups excluding carboxylic acids is 1. The summed E-state index contributed by atoms with van der Waals surface area (Å²) in [6.07, 6.45) is 6.68. The number of hydrogen-bond acceptors (Lipinski definition) is 2. The molecule has 0 rings (SSSR count). The molecular formula is C11H22O2. The lowest BCUT2D eigenvalue weighted by atomic mass is 10.2. The summed E-state index contributed by atoms with van der Waals surface area (Å²) in [6, 6.07) is 0. The SMILES string of the molecule is C=CC(=O)OCC.CCCCCC. The van der Waals surface area contributed by atoms with Crippen LogP contribution in [0, 0.1) is 0 Å². The fourth-order valence-corrected chi connectivity index (χ4v) is 0.701. The van der Waals surface area contributed by atoms with Crippen LogP contribution in [0.1, 0.15) is 46.5 Å². The van der Waals surface area contributed by atoms with Gasteiger partial charge in [0.15, 0.2) is 0 Å². The molecular weight excluding hydrogens is 164 g/mol. The largest absolute Gasteiger partial charge is 0.463 e. The summed E-state index contributed by atoms with van der Waals surface area (Å²) in [5.74, 6) is -0.359. The van der Waals surface area contributed by atoms with Gasteiger partial charge in [0.25, 0.3) is 0 Å². The van der Waals surface area contributed by atoms with E-state index in [2.05, 4.69) is 25.2 Å². The molecule has 0 amide bonds. The minimum absolute atomic E-state index is 0.359. The highest BCUT2D eigenvalue weighted by atomic mass is 16.5. The zero-order valence-electron chi connectivity index (χ0n) is 9.14. The van der Waals surface area contributed by atoms with Crippen molar-refractivity contribution in [2.45, 2.75) is 46.5 Å². The Labute approximate surface area is 82.0 Å². The molecule has 78 valence electrons. The van der Waals surface area contributed by atoms with Gasteiger partial charge in [-0.15, -0.1) is 0 Å². The average molecular weight is 186 g/mol. The van der Waals surface area contributed by atoms with Gasteiger partial charge >= 0.3 is 5.97 Å². The van der Waals surface area contributed by atoms with Crippen molar-refractivity contribution in [2.75, 3.05) is 6.61 Å². The lowest BCUT2D eigenvalue weighted by Crippen LogP contribution is -1.97. The Morgan fingerprint density at radius 2 is 1.69 bits per heavy atom. The molecule has 0 saturated heterocycles. The molecule has 0 bridgehead atoms. The van der Waals surface area contributed by atoms with E-state index >= 15 is 0 Å². The van der Waals surface area contributed by atoms with E-state index in [1.807, 2.05) is 0 Å². The Bertz CT molecular complexity index is 115. The molecule has 0 aliphatic heterocycles. The summed E-state index contributed by atoms with van der Waals surface area (Å²) in [5, 5.41) is 0. The van der Waals surface area contributed by atoms with E-state index in [4.69, 9.17) is 0 Å². The Balaban J connectivity index is 0. The highest BCUT2D eigenvalue weighted by molar-refractivity contribution is 5.81. The lowest BCUT2D eigenvalue weighted by molar-refractivity contribution is -0.137. The van der Waals surface area contributed by atoms with Gasteiger partial charge in [-0.05, 0) is 6.92 Å². The number of ether oxygens (including phenoxy) is 1. The molecule has 0 unspecified atom stereocenters. The second kappa shape index (κ2) is 13.8. The summed E-state index contributed by atoms with van der Waals surface area (Å²) in [6.45, 7) is 9.84. The topological polar surface area (TPSA) is 26.3 Å². The van der Waals surface area contributed by atoms with Gasteiger partial charge in [0.1, 0.15) is 0 Å². The van der Waals surface area contributed by atoms with Gasteiger partial charge in [-0.3, -0.25) is 0 Å². The van der Waals surface area contributed by atoms with Crippen molar-refractivity contribution in [3.05, 3.63) is 12.7 Å². The van der Waals surface area contributed by atoms with Crippen LogP contribution in [0.5, 0.6) is 0 Å². The first-order chi connectivity index (χ1) is 6.22. The third-order valence-electron chi connectivity index (χ3n) is 1.41. The summed E-state index contributed by atoms with van der Waals surface area (Å²) in [5.41, 5.74) is 0. The first-order valence-corrected chi connectivity index (χ1v) is 5.02. The molecule has 2 heteroatoms. The maximum atomic E-state index is 10.1. The molecule has 0 aliphatic carbocycles. The molecule has 0 heterocycles. The predicted molar refractivity (Wildman–Crippen MR) is 56.6 cm³/mol. The van der Waals surface area contributed by atoms with Crippen molar-refractivity contribution in [3.63, 3.8) is 0 Å². The zero-order valence-corrected chi connectivity index (χ0v) is 9.14. The zero-order chi connectivity index (χ0) is 10.5. The maximum Gasteiger partial charge on any atom is 0.330 e. The van der Waals surface area contributed by atoms with Crippen molar-refractivity contribution in [3.8, 4) is 0 Å². The highest BCUT2D eigenvalue weighted by Gasteiger charge is 1.86. The molecule has 0 atom stereocenters. The van der Waals surface area contributed by atoms with E-state index in [0.29, 0.717) is 6.61 Å². The molecule has 0 saturated carbocycles. The van der Waals surface area contributed by atoms with E-state index in [1.165, 1.54) is 25.7 Å². The monoisotopic (exact) mass is 186 g/mol. The van der Waals surface area contributed by atoms with E-state index in [9.17, 15) is 4.79 Å². The van der Waals surface area contributed by atoms with E-state index < -0.39 is 0 Å². The summed E-state index contributed by atoms with van der Waals surface area (Å²) in [7, 11) is 0. The van der Waals surface area contributed by atoms with Crippen LogP contribution in [-0.2, 0) is 9.53 Å². The summed E-state index contributed by atoms with van der Waals surface area (Å²) >= 11 is 0. The number of esters is 1. The summed E-state index contributed by atoms with van der Waals surface area (Å²) < 4.78 is 4.43. The first kappa shape index (κ1) is 14.7. The third kappa shape index (κ3) is 18.3. The fourth-order valence-electron chi connectivity index (χ4n) is 0.701. The second-order valence-corrected chi connectivity index (χ2v) is 2.66. The minimum atomic E-state index is -0.359. The normalized spacial score (nSPS) is 8.23. The van der Waals surface area contributed by atoms with Crippen LogP contribution in [0.4, 0.5) is 0 Å². The van der Waals surface area contributed by atoms with Crippen LogP contribution in [-0.4, -0.2) is 12.6 Å². The third-order valence-corrected chi connectivity index (χ3v) is 1.41. The van der Waals surface area contributed by atoms with Crippen molar-refractivity contribution >= 4 is 5.97 Å². The molecule has 0 fully saturated rings. The predicted octanol–water partition coefficient (Wildman–Crippen LogP) is 3.32. The molecule has 0 aromatic heterocycles. The Morgan fingerprint density at radius 3 is 1.85 bits per heavy atom. The van der Waals surface area contributed by atoms with Gasteiger partial charge in [-0.1, -0.05) is 46.1 Å². The van der Waals surface area contributed by atoms with Crippen molar-refractivity contribution < 1.29 is 9.53 Å². The molecule has 0 aromatic carbocycles. The van der Waals surface area contributed by atoms with Crippen molar-refractivity contribution in [2.24, 2.45) is 0 Å². The van der Waals surface area contributed by atoms with Crippen molar-refractivity contribution in [1.29, 1.82) is 0 Å². The Hall–Kier alpha value is -0.790. The van der Waals surface area contributed by atoms with Gasteiger partial charge in [0.2, 0.25) is 0 Å². The molecule has 0 aromatic rings. The van der Waals surface area contributed by atoms with Gasteiger partial charge in [-0.2, -0.15) is 0 Å². The molecule has 0 N–H and O–H groups in total. The average Bonchev–Trinajstić information content (AvgIpc) is 2.16. The Kier molecular flexibility index (Phi) is 15.6. The molecule has 2 nitrogen and oxygen atoms in total. The number of carbonyl (C=O) groups is 1. The van der Waals surface area contributed by atoms with Crippen LogP contribution in [0.25, 0.3) is 0 Å². The van der Waals surface area contributed by atoms with Crippen molar-refractivity contribution in [1.82, 2.24) is 0 Å². The second-order valence-electron chi connectivity index (χ2n) is 2.66. The van der Waals surface area contributed by atoms with Gasteiger partial charge in [0, 0.05) is 6.08 Å². The van der Waals surface area contributed by atoms with E-state index in [1.54, 1.807) is 6.92 Å². The molecule has 13 heavy (non-hydrogen) atoms. The first-order valence-electron chi connectivity index (χ1n) is 5.02. The number of hydrogen-bond donors (Lipinski definition) is 0. The van der Waals surface area contributed by atoms with Gasteiger partial charge in [0.05, 0.1) is 6.61 Å². The van der Waals surface area contributed by atoms with Crippen LogP contribution in [0.2, 0.25) is 0 Å². The van der Waals surface area contributed by atoms with Crippen LogP contribution in [0.15, 0.2) is 12.7 Å². The Morgan fingerprint density at radius 1 is 1.23 bits per heavy atom. The number of rotatable bonds is 5. The maximum absolute atomic E-state index is 10.1. The standard InChI is InChI=1S/C6H14.C5H8O2/c1-3-5-6-4-2;1-3-5(6)7-4-2/h3-6H2,1-2H3;3H,1,4H2,2H3. The fraction of sp³-hybridized carbons (Fsp3) is 0.727. The van der Waals surface area contributed by atoms with E-state index in [-0.39, 0.29) is 5.97 Å². The minimum Gasteiger partial charge on any atom is -0.463 e. The number of unbranched alkanes of at least 4 members (excludes halogenated alkanes) is 3. The lowest BCUT2D eigenvalue weighted by Gasteiger charge is -1.90. The highest BCUT2D eigenvalue weighted by Crippen LogP contribution is 1.95. The van der Waals surface area contributed by atoms with Gasteiger partial charge < -0.3 is 4.74 Å². The van der Waals surface area contributed by atoms with Crippen LogP contribution >= 0.6 is 0 Å². The van der Waals surface area contributed by atoms with E-state index in [0.717, 1.165) is 6.08 Å². The smallest absolute Gasteiger partial charge is 0.330 e. The summed E-state index contributed by atoms with van der Waals surface area (Å²) in [4.78, 5) is 10.1.